The van der Waals surface area contributed by atoms with Crippen LogP contribution in [0.2, 0.25) is 0 Å². The molecular formula is C20H24N2O6S3. The number of fused-ring (bicyclic) bond motifs is 1. The maximum Gasteiger partial charge on any atom is 0.352 e. The van der Waals surface area contributed by atoms with Gasteiger partial charge >= 0.3 is 11.9 Å². The molecule has 0 aromatic carbocycles. The van der Waals surface area contributed by atoms with Crippen molar-refractivity contribution in [3.8, 4) is 0 Å². The van der Waals surface area contributed by atoms with Gasteiger partial charge in [0.25, 0.3) is 5.91 Å². The fraction of sp³-hybridized carbons (Fsp3) is 0.500. The Morgan fingerprint density at radius 1 is 1.39 bits per heavy atom. The van der Waals surface area contributed by atoms with E-state index >= 15 is 0 Å². The lowest BCUT2D eigenvalue weighted by atomic mass is 10.0. The number of ether oxygens (including phenoxy) is 1. The first-order valence-corrected chi connectivity index (χ1v) is 12.7. The standard InChI is InChI=1S/C20H24N2O6S3/c1-20(2,3)28-19(27)15(29-4)11-9-31-17-13(16(24)22(17)14(11)18(25)26)21-12(23)8-10-6-5-7-30-10/h5-7,13,15,17H,8-9H2,1-4H3,(H,21,23)(H,25,26)/t13?,15?,17-/m0/s1. The highest BCUT2D eigenvalue weighted by Gasteiger charge is 2.55. The summed E-state index contributed by atoms with van der Waals surface area (Å²) < 4.78 is 5.45. The van der Waals surface area contributed by atoms with Crippen LogP contribution in [0.1, 0.15) is 25.6 Å². The molecule has 1 saturated heterocycles. The Hall–Kier alpha value is -1.98. The Morgan fingerprint density at radius 3 is 2.65 bits per heavy atom. The number of rotatable bonds is 7. The Morgan fingerprint density at radius 2 is 2.10 bits per heavy atom. The number of carbonyl (C=O) groups excluding carboxylic acids is 3. The molecule has 2 aliphatic rings. The van der Waals surface area contributed by atoms with Crippen molar-refractivity contribution in [2.75, 3.05) is 12.0 Å². The highest BCUT2D eigenvalue weighted by Crippen LogP contribution is 2.43. The van der Waals surface area contributed by atoms with Crippen molar-refractivity contribution in [3.05, 3.63) is 33.7 Å². The number of carbonyl (C=O) groups is 4. The minimum Gasteiger partial charge on any atom is -0.477 e. The van der Waals surface area contributed by atoms with Crippen LogP contribution >= 0.6 is 34.9 Å². The molecule has 2 aliphatic heterocycles. The van der Waals surface area contributed by atoms with Gasteiger partial charge < -0.3 is 15.2 Å². The van der Waals surface area contributed by atoms with Crippen LogP contribution in [0.4, 0.5) is 0 Å². The third-order valence-electron chi connectivity index (χ3n) is 4.60. The van der Waals surface area contributed by atoms with Crippen LogP contribution < -0.4 is 5.32 Å². The predicted molar refractivity (Wildman–Crippen MR) is 121 cm³/mol. The van der Waals surface area contributed by atoms with E-state index in [-0.39, 0.29) is 23.8 Å². The van der Waals surface area contributed by atoms with Gasteiger partial charge in [-0.3, -0.25) is 19.3 Å². The smallest absolute Gasteiger partial charge is 0.352 e. The first kappa shape index (κ1) is 23.7. The summed E-state index contributed by atoms with van der Waals surface area (Å²) in [5.41, 5.74) is -0.570. The molecule has 1 aromatic rings. The number of thiophene rings is 1. The molecule has 0 bridgehead atoms. The topological polar surface area (TPSA) is 113 Å². The minimum atomic E-state index is -1.28. The molecule has 0 radical (unpaired) electrons. The van der Waals surface area contributed by atoms with Crippen molar-refractivity contribution in [1.29, 1.82) is 0 Å². The zero-order chi connectivity index (χ0) is 22.9. The first-order valence-electron chi connectivity index (χ1n) is 9.52. The molecule has 3 atom stereocenters. The Labute approximate surface area is 192 Å². The van der Waals surface area contributed by atoms with Gasteiger partial charge in [-0.2, -0.15) is 0 Å². The molecule has 2 amide bonds. The number of hydrogen-bond donors (Lipinski definition) is 2. The Balaban J connectivity index is 1.79. The van der Waals surface area contributed by atoms with E-state index < -0.39 is 40.1 Å². The number of amides is 2. The number of nitrogens with zero attached hydrogens (tertiary/aromatic N) is 1. The van der Waals surface area contributed by atoms with Gasteiger partial charge in [0.1, 0.15) is 28.0 Å². The molecule has 2 unspecified atom stereocenters. The lowest BCUT2D eigenvalue weighted by Crippen LogP contribution is -2.71. The molecule has 0 saturated carbocycles. The van der Waals surface area contributed by atoms with Gasteiger partial charge in [-0.15, -0.1) is 34.9 Å². The normalized spacial score (nSPS) is 21.8. The number of esters is 1. The van der Waals surface area contributed by atoms with Crippen molar-refractivity contribution < 1.29 is 29.0 Å². The van der Waals surface area contributed by atoms with Gasteiger partial charge in [0.2, 0.25) is 5.91 Å². The SMILES string of the molecule is CSC(C(=O)OC(C)(C)C)C1=C(C(=O)O)N2C(=O)C(NC(=O)Cc3cccs3)[C@@H]2SC1. The average molecular weight is 485 g/mol. The van der Waals surface area contributed by atoms with Gasteiger partial charge in [0.15, 0.2) is 0 Å². The number of carboxylic acid groups (broad SMARTS) is 1. The summed E-state index contributed by atoms with van der Waals surface area (Å²) in [5, 5.41) is 13.1. The zero-order valence-corrected chi connectivity index (χ0v) is 20.0. The van der Waals surface area contributed by atoms with Crippen LogP contribution in [0.5, 0.6) is 0 Å². The first-order chi connectivity index (χ1) is 14.5. The van der Waals surface area contributed by atoms with Gasteiger partial charge in [0, 0.05) is 10.6 Å². The van der Waals surface area contributed by atoms with E-state index in [9.17, 15) is 24.3 Å². The van der Waals surface area contributed by atoms with E-state index in [0.29, 0.717) is 5.57 Å². The summed E-state index contributed by atoms with van der Waals surface area (Å²) in [6, 6.07) is 2.90. The molecule has 8 nitrogen and oxygen atoms in total. The van der Waals surface area contributed by atoms with Crippen LogP contribution in [-0.2, 0) is 30.3 Å². The summed E-state index contributed by atoms with van der Waals surface area (Å²) in [7, 11) is 0. The number of carboxylic acids is 1. The van der Waals surface area contributed by atoms with E-state index in [4.69, 9.17) is 4.74 Å². The summed E-state index contributed by atoms with van der Waals surface area (Å²) in [4.78, 5) is 51.9. The second kappa shape index (κ2) is 9.25. The zero-order valence-electron chi connectivity index (χ0n) is 17.5. The third-order valence-corrected chi connectivity index (χ3v) is 7.73. The van der Waals surface area contributed by atoms with Gasteiger partial charge in [-0.25, -0.2) is 4.79 Å². The largest absolute Gasteiger partial charge is 0.477 e. The fourth-order valence-corrected chi connectivity index (χ4v) is 6.29. The van der Waals surface area contributed by atoms with Gasteiger partial charge in [-0.05, 0) is 44.0 Å². The van der Waals surface area contributed by atoms with Crippen molar-refractivity contribution in [1.82, 2.24) is 10.2 Å². The lowest BCUT2D eigenvalue weighted by molar-refractivity contribution is -0.154. The summed E-state index contributed by atoms with van der Waals surface area (Å²) >= 11 is 3.96. The molecular weight excluding hydrogens is 460 g/mol. The van der Waals surface area contributed by atoms with Crippen molar-refractivity contribution in [2.45, 2.75) is 49.5 Å². The Bertz CT molecular complexity index is 922. The van der Waals surface area contributed by atoms with E-state index in [1.807, 2.05) is 17.5 Å². The second-order valence-electron chi connectivity index (χ2n) is 8.04. The fourth-order valence-electron chi connectivity index (χ4n) is 3.38. The molecule has 31 heavy (non-hydrogen) atoms. The maximum atomic E-state index is 12.8. The monoisotopic (exact) mass is 484 g/mol. The van der Waals surface area contributed by atoms with E-state index in [2.05, 4.69) is 5.32 Å². The van der Waals surface area contributed by atoms with Crippen LogP contribution in [-0.4, -0.2) is 68.0 Å². The molecule has 0 spiro atoms. The minimum absolute atomic E-state index is 0.166. The third kappa shape index (κ3) is 5.09. The lowest BCUT2D eigenvalue weighted by Gasteiger charge is -2.50. The Kier molecular flexibility index (Phi) is 7.07. The molecule has 3 heterocycles. The number of β-lactam (4-membered cyclic amide) rings is 1. The van der Waals surface area contributed by atoms with Gasteiger partial charge in [0.05, 0.1) is 6.42 Å². The molecule has 1 aromatic heterocycles. The summed E-state index contributed by atoms with van der Waals surface area (Å²) in [5.74, 6) is -2.35. The van der Waals surface area contributed by atoms with Crippen LogP contribution in [0.25, 0.3) is 0 Å². The van der Waals surface area contributed by atoms with Crippen LogP contribution in [0, 0.1) is 0 Å². The maximum absolute atomic E-state index is 12.8. The van der Waals surface area contributed by atoms with Crippen molar-refractivity contribution >= 4 is 58.6 Å². The molecule has 3 rings (SSSR count). The number of thioether (sulfide) groups is 2. The number of hydrogen-bond acceptors (Lipinski definition) is 8. The molecule has 11 heteroatoms. The summed E-state index contributed by atoms with van der Waals surface area (Å²) in [6.07, 6.45) is 1.86. The quantitative estimate of drug-likeness (QED) is 0.447. The predicted octanol–water partition coefficient (Wildman–Crippen LogP) is 2.10. The van der Waals surface area contributed by atoms with Crippen molar-refractivity contribution in [2.24, 2.45) is 0 Å². The molecule has 168 valence electrons. The molecule has 0 aliphatic carbocycles. The van der Waals surface area contributed by atoms with E-state index in [1.165, 1.54) is 39.8 Å². The highest BCUT2D eigenvalue weighted by molar-refractivity contribution is 8.01. The highest BCUT2D eigenvalue weighted by atomic mass is 32.2. The number of aliphatic carboxylic acids is 1. The van der Waals surface area contributed by atoms with Crippen molar-refractivity contribution in [3.63, 3.8) is 0 Å². The average Bonchev–Trinajstić information content (AvgIpc) is 3.17. The molecule has 2 N–H and O–H groups in total. The van der Waals surface area contributed by atoms with Gasteiger partial charge in [-0.1, -0.05) is 6.07 Å². The summed E-state index contributed by atoms with van der Waals surface area (Å²) in [6.45, 7) is 5.22. The molecule has 1 fully saturated rings. The second-order valence-corrected chi connectivity index (χ2v) is 11.1. The van der Waals surface area contributed by atoms with E-state index in [1.54, 1.807) is 27.0 Å². The number of nitrogens with one attached hydrogen (secondary N) is 1. The van der Waals surface area contributed by atoms with E-state index in [0.717, 1.165) is 4.88 Å². The van der Waals surface area contributed by atoms with Crippen LogP contribution in [0.3, 0.4) is 0 Å². The van der Waals surface area contributed by atoms with Crippen LogP contribution in [0.15, 0.2) is 28.8 Å².